The van der Waals surface area contributed by atoms with E-state index in [0.717, 1.165) is 25.2 Å². The van der Waals surface area contributed by atoms with E-state index < -0.39 is 6.09 Å². The molecule has 138 valence electrons. The Bertz CT molecular complexity index is 757. The predicted octanol–water partition coefficient (Wildman–Crippen LogP) is 3.55. The van der Waals surface area contributed by atoms with Gasteiger partial charge in [0.25, 0.3) is 5.91 Å². The van der Waals surface area contributed by atoms with Crippen LogP contribution in [0.15, 0.2) is 48.5 Å². The molecule has 0 aliphatic heterocycles. The Morgan fingerprint density at radius 1 is 1.00 bits per heavy atom. The van der Waals surface area contributed by atoms with Crippen LogP contribution in [0.5, 0.6) is 0 Å². The molecule has 0 saturated carbocycles. The maximum atomic E-state index is 12.4. The largest absolute Gasteiger partial charge is 0.465 e. The monoisotopic (exact) mass is 355 g/mol. The molecular weight excluding hydrogens is 330 g/mol. The highest BCUT2D eigenvalue weighted by atomic mass is 16.4. The van der Waals surface area contributed by atoms with Gasteiger partial charge in [-0.05, 0) is 42.4 Å². The molecule has 0 aromatic heterocycles. The average molecular weight is 355 g/mol. The number of benzene rings is 2. The lowest BCUT2D eigenvalue weighted by molar-refractivity contribution is 0.0950. The maximum absolute atomic E-state index is 12.4. The van der Waals surface area contributed by atoms with Crippen molar-refractivity contribution in [3.8, 4) is 0 Å². The van der Waals surface area contributed by atoms with E-state index in [9.17, 15) is 9.59 Å². The number of anilines is 1. The molecule has 2 rings (SSSR count). The van der Waals surface area contributed by atoms with Gasteiger partial charge in [-0.2, -0.15) is 0 Å². The average Bonchev–Trinajstić information content (AvgIpc) is 2.64. The van der Waals surface area contributed by atoms with Crippen molar-refractivity contribution in [1.29, 1.82) is 0 Å². The molecule has 0 spiro atoms. The number of hydrogen-bond donors (Lipinski definition) is 3. The van der Waals surface area contributed by atoms with Crippen molar-refractivity contribution in [3.63, 3.8) is 0 Å². The summed E-state index contributed by atoms with van der Waals surface area (Å²) < 4.78 is 0. The minimum Gasteiger partial charge on any atom is -0.465 e. The fourth-order valence-electron chi connectivity index (χ4n) is 2.71. The fourth-order valence-corrected chi connectivity index (χ4v) is 2.71. The van der Waals surface area contributed by atoms with Gasteiger partial charge in [-0.1, -0.05) is 44.2 Å². The summed E-state index contributed by atoms with van der Waals surface area (Å²) in [6, 6.07) is 14.5. The summed E-state index contributed by atoms with van der Waals surface area (Å²) in [7, 11) is 0. The molecule has 0 radical (unpaired) electrons. The van der Waals surface area contributed by atoms with E-state index in [2.05, 4.69) is 35.4 Å². The van der Waals surface area contributed by atoms with E-state index in [1.807, 2.05) is 18.2 Å². The van der Waals surface area contributed by atoms with Crippen LogP contribution in [0, 0.1) is 0 Å². The third-order valence-electron chi connectivity index (χ3n) is 4.22. The molecule has 0 aliphatic rings. The second-order valence-electron chi connectivity index (χ2n) is 5.92. The first-order chi connectivity index (χ1) is 12.5. The standard InChI is InChI=1S/C20H25N3O3/c1-3-23(4-2)14-17-9-6-5-8-16(17)13-21-19(24)15-10-7-11-18(12-15)22-20(25)26/h5-12,22H,3-4,13-14H2,1-2H3,(H,21,24)(H,25,26). The topological polar surface area (TPSA) is 81.7 Å². The maximum Gasteiger partial charge on any atom is 0.409 e. The Kier molecular flexibility index (Phi) is 7.17. The molecule has 2 aromatic rings. The zero-order chi connectivity index (χ0) is 18.9. The first kappa shape index (κ1) is 19.5. The van der Waals surface area contributed by atoms with E-state index in [1.165, 1.54) is 11.6 Å². The fraction of sp³-hybridized carbons (Fsp3) is 0.300. The second-order valence-corrected chi connectivity index (χ2v) is 5.92. The molecule has 0 unspecified atom stereocenters. The Hall–Kier alpha value is -2.86. The third kappa shape index (κ3) is 5.60. The van der Waals surface area contributed by atoms with Crippen molar-refractivity contribution in [3.05, 3.63) is 65.2 Å². The van der Waals surface area contributed by atoms with Crippen LogP contribution in [-0.4, -0.2) is 35.1 Å². The number of carbonyl (C=O) groups is 2. The molecule has 0 atom stereocenters. The zero-order valence-electron chi connectivity index (χ0n) is 15.2. The van der Waals surface area contributed by atoms with Crippen molar-refractivity contribution in [2.45, 2.75) is 26.9 Å². The van der Waals surface area contributed by atoms with Crippen LogP contribution in [0.1, 0.15) is 35.3 Å². The number of carbonyl (C=O) groups excluding carboxylic acids is 1. The SMILES string of the molecule is CCN(CC)Cc1ccccc1CNC(=O)c1cccc(NC(=O)O)c1. The van der Waals surface area contributed by atoms with Crippen LogP contribution >= 0.6 is 0 Å². The van der Waals surface area contributed by atoms with Crippen LogP contribution in [0.2, 0.25) is 0 Å². The van der Waals surface area contributed by atoms with Gasteiger partial charge in [0.1, 0.15) is 0 Å². The van der Waals surface area contributed by atoms with Gasteiger partial charge in [-0.25, -0.2) is 4.79 Å². The molecule has 6 nitrogen and oxygen atoms in total. The highest BCUT2D eigenvalue weighted by Crippen LogP contribution is 2.13. The molecule has 0 heterocycles. The molecule has 0 saturated heterocycles. The van der Waals surface area contributed by atoms with Gasteiger partial charge < -0.3 is 10.4 Å². The van der Waals surface area contributed by atoms with Crippen LogP contribution in [-0.2, 0) is 13.1 Å². The van der Waals surface area contributed by atoms with Crippen molar-refractivity contribution >= 4 is 17.7 Å². The van der Waals surface area contributed by atoms with E-state index >= 15 is 0 Å². The lowest BCUT2D eigenvalue weighted by Gasteiger charge is -2.20. The molecular formula is C20H25N3O3. The van der Waals surface area contributed by atoms with Gasteiger partial charge in [0.2, 0.25) is 0 Å². The number of rotatable bonds is 8. The molecule has 0 fully saturated rings. The lowest BCUT2D eigenvalue weighted by Crippen LogP contribution is -2.26. The van der Waals surface area contributed by atoms with E-state index in [4.69, 9.17) is 5.11 Å². The van der Waals surface area contributed by atoms with Crippen molar-refractivity contribution in [1.82, 2.24) is 10.2 Å². The Morgan fingerprint density at radius 3 is 2.35 bits per heavy atom. The summed E-state index contributed by atoms with van der Waals surface area (Å²) in [6.45, 7) is 7.48. The zero-order valence-corrected chi connectivity index (χ0v) is 15.2. The van der Waals surface area contributed by atoms with E-state index in [-0.39, 0.29) is 5.91 Å². The first-order valence-electron chi connectivity index (χ1n) is 8.70. The second kappa shape index (κ2) is 9.58. The summed E-state index contributed by atoms with van der Waals surface area (Å²) in [5, 5.41) is 13.9. The molecule has 3 N–H and O–H groups in total. The number of amides is 2. The van der Waals surface area contributed by atoms with Gasteiger partial charge in [0.15, 0.2) is 0 Å². The van der Waals surface area contributed by atoms with Crippen LogP contribution < -0.4 is 10.6 Å². The number of hydrogen-bond acceptors (Lipinski definition) is 3. The smallest absolute Gasteiger partial charge is 0.409 e. The molecule has 26 heavy (non-hydrogen) atoms. The Morgan fingerprint density at radius 2 is 1.69 bits per heavy atom. The summed E-state index contributed by atoms with van der Waals surface area (Å²) in [6.07, 6.45) is -1.16. The lowest BCUT2D eigenvalue weighted by atomic mass is 10.1. The van der Waals surface area contributed by atoms with E-state index in [0.29, 0.717) is 17.8 Å². The highest BCUT2D eigenvalue weighted by Gasteiger charge is 2.10. The molecule has 0 bridgehead atoms. The predicted molar refractivity (Wildman–Crippen MR) is 102 cm³/mol. The van der Waals surface area contributed by atoms with E-state index in [1.54, 1.807) is 18.2 Å². The summed E-state index contributed by atoms with van der Waals surface area (Å²) >= 11 is 0. The summed E-state index contributed by atoms with van der Waals surface area (Å²) in [4.78, 5) is 25.4. The minimum atomic E-state index is -1.16. The van der Waals surface area contributed by atoms with Crippen molar-refractivity contribution < 1.29 is 14.7 Å². The van der Waals surface area contributed by atoms with Crippen LogP contribution in [0.25, 0.3) is 0 Å². The van der Waals surface area contributed by atoms with Gasteiger partial charge in [-0.15, -0.1) is 0 Å². The number of carboxylic acid groups (broad SMARTS) is 1. The van der Waals surface area contributed by atoms with Gasteiger partial charge >= 0.3 is 6.09 Å². The molecule has 2 aromatic carbocycles. The normalized spacial score (nSPS) is 10.6. The third-order valence-corrected chi connectivity index (χ3v) is 4.22. The quantitative estimate of drug-likeness (QED) is 0.676. The Balaban J connectivity index is 2.04. The summed E-state index contributed by atoms with van der Waals surface area (Å²) in [5.41, 5.74) is 3.05. The first-order valence-corrected chi connectivity index (χ1v) is 8.70. The van der Waals surface area contributed by atoms with Crippen LogP contribution in [0.4, 0.5) is 10.5 Å². The van der Waals surface area contributed by atoms with Gasteiger partial charge in [0, 0.05) is 24.3 Å². The van der Waals surface area contributed by atoms with Crippen molar-refractivity contribution in [2.24, 2.45) is 0 Å². The molecule has 2 amide bonds. The van der Waals surface area contributed by atoms with Gasteiger partial charge in [-0.3, -0.25) is 15.0 Å². The minimum absolute atomic E-state index is 0.239. The molecule has 6 heteroatoms. The van der Waals surface area contributed by atoms with Crippen LogP contribution in [0.3, 0.4) is 0 Å². The molecule has 0 aliphatic carbocycles. The van der Waals surface area contributed by atoms with Gasteiger partial charge in [0.05, 0.1) is 0 Å². The number of nitrogens with one attached hydrogen (secondary N) is 2. The summed E-state index contributed by atoms with van der Waals surface area (Å²) in [5.74, 6) is -0.239. The Labute approximate surface area is 153 Å². The van der Waals surface area contributed by atoms with Crippen molar-refractivity contribution in [2.75, 3.05) is 18.4 Å². The number of nitrogens with zero attached hydrogens (tertiary/aromatic N) is 1. The highest BCUT2D eigenvalue weighted by molar-refractivity contribution is 5.96.